The van der Waals surface area contributed by atoms with Gasteiger partial charge in [-0.1, -0.05) is 42.5 Å². The number of phenolic OH excluding ortho intramolecular Hbond substituents is 1. The Kier molecular flexibility index (Phi) is 4.03. The number of hydrogen-bond donors (Lipinski definition) is 2. The summed E-state index contributed by atoms with van der Waals surface area (Å²) in [6.07, 6.45) is 1.52. The Hall–Kier alpha value is -3.74. The van der Waals surface area contributed by atoms with Gasteiger partial charge in [0.05, 0.1) is 17.6 Å². The van der Waals surface area contributed by atoms with Crippen molar-refractivity contribution in [2.45, 2.75) is 0 Å². The van der Waals surface area contributed by atoms with Crippen molar-refractivity contribution in [2.24, 2.45) is 0 Å². The van der Waals surface area contributed by atoms with Gasteiger partial charge in [-0.05, 0) is 17.7 Å². The molecule has 0 bridgehead atoms. The van der Waals surface area contributed by atoms with Gasteiger partial charge in [-0.2, -0.15) is 10.2 Å². The quantitative estimate of drug-likeness (QED) is 0.589. The molecule has 2 heterocycles. The molecule has 4 rings (SSSR count). The minimum Gasteiger partial charge on any atom is -0.507 e. The van der Waals surface area contributed by atoms with Crippen molar-refractivity contribution in [3.8, 4) is 28.3 Å². The molecule has 0 radical (unpaired) electrons. The Morgan fingerprint density at radius 3 is 2.58 bits per heavy atom. The summed E-state index contributed by atoms with van der Waals surface area (Å²) in [7, 11) is 1.82. The summed E-state index contributed by atoms with van der Waals surface area (Å²) in [6.45, 7) is 0. The molecule has 2 aromatic carbocycles. The smallest absolute Gasteiger partial charge is 0.251 e. The topological polar surface area (TPSA) is 90.8 Å². The molecule has 7 nitrogen and oxygen atoms in total. The van der Waals surface area contributed by atoms with E-state index < -0.39 is 0 Å². The summed E-state index contributed by atoms with van der Waals surface area (Å²) < 4.78 is 0. The summed E-state index contributed by atoms with van der Waals surface area (Å²) in [6, 6.07) is 18.8. The third-order valence-corrected chi connectivity index (χ3v) is 4.02. The fourth-order valence-electron chi connectivity index (χ4n) is 2.61. The number of H-pyrrole nitrogens is 1. The van der Waals surface area contributed by atoms with Gasteiger partial charge in [-0.25, -0.2) is 4.98 Å². The van der Waals surface area contributed by atoms with E-state index in [0.717, 1.165) is 11.3 Å². The maximum Gasteiger partial charge on any atom is 0.251 e. The zero-order valence-electron chi connectivity index (χ0n) is 14.0. The number of aromatic amines is 1. The third-order valence-electron chi connectivity index (χ3n) is 4.02. The summed E-state index contributed by atoms with van der Waals surface area (Å²) >= 11 is 0. The van der Waals surface area contributed by atoms with Gasteiger partial charge in [0.25, 0.3) is 5.95 Å². The van der Waals surface area contributed by atoms with E-state index in [9.17, 15) is 5.11 Å². The normalized spacial score (nSPS) is 10.7. The zero-order valence-corrected chi connectivity index (χ0v) is 14.0. The number of nitrogens with zero attached hydrogens (tertiary/aromatic N) is 5. The number of benzene rings is 2. The molecule has 0 amide bonds. The van der Waals surface area contributed by atoms with Crippen LogP contribution in [0.3, 0.4) is 0 Å². The predicted octanol–water partition coefficient (Wildman–Crippen LogP) is 3.40. The molecule has 128 valence electrons. The average Bonchev–Trinajstić information content (AvgIpc) is 3.19. The Bertz CT molecular complexity index is 1030. The van der Waals surface area contributed by atoms with Gasteiger partial charge in [0, 0.05) is 18.7 Å². The molecule has 0 aliphatic carbocycles. The second-order valence-electron chi connectivity index (χ2n) is 5.72. The van der Waals surface area contributed by atoms with Crippen LogP contribution >= 0.6 is 0 Å². The number of nitrogens with one attached hydrogen (secondary N) is 1. The Labute approximate surface area is 150 Å². The van der Waals surface area contributed by atoms with Crippen molar-refractivity contribution in [1.82, 2.24) is 25.4 Å². The Balaban J connectivity index is 1.65. The molecular weight excluding hydrogens is 328 g/mol. The molecule has 0 fully saturated rings. The first kappa shape index (κ1) is 15.8. The van der Waals surface area contributed by atoms with Gasteiger partial charge < -0.3 is 5.11 Å². The largest absolute Gasteiger partial charge is 0.507 e. The van der Waals surface area contributed by atoms with E-state index >= 15 is 0 Å². The van der Waals surface area contributed by atoms with Crippen molar-refractivity contribution < 1.29 is 5.11 Å². The van der Waals surface area contributed by atoms with E-state index in [0.29, 0.717) is 23.0 Å². The van der Waals surface area contributed by atoms with E-state index in [1.54, 1.807) is 23.1 Å². The van der Waals surface area contributed by atoms with Crippen LogP contribution in [-0.2, 0) is 0 Å². The van der Waals surface area contributed by atoms with Crippen LogP contribution in [0, 0.1) is 0 Å². The lowest BCUT2D eigenvalue weighted by Crippen LogP contribution is -2.14. The summed E-state index contributed by atoms with van der Waals surface area (Å²) in [5.41, 5.74) is 3.08. The van der Waals surface area contributed by atoms with Crippen molar-refractivity contribution in [1.29, 1.82) is 0 Å². The minimum absolute atomic E-state index is 0.146. The van der Waals surface area contributed by atoms with E-state index in [-0.39, 0.29) is 5.75 Å². The van der Waals surface area contributed by atoms with Crippen LogP contribution in [0.1, 0.15) is 0 Å². The molecule has 2 aromatic heterocycles. The number of aromatic hydroxyl groups is 1. The highest BCUT2D eigenvalue weighted by Gasteiger charge is 2.14. The molecule has 0 aliphatic rings. The first-order valence-corrected chi connectivity index (χ1v) is 8.05. The number of phenols is 1. The molecule has 2 N–H and O–H groups in total. The lowest BCUT2D eigenvalue weighted by molar-refractivity contribution is 0.477. The zero-order chi connectivity index (χ0) is 17.9. The summed E-state index contributed by atoms with van der Waals surface area (Å²) in [5.74, 6) is 1.20. The van der Waals surface area contributed by atoms with Crippen LogP contribution in [0.4, 0.5) is 11.8 Å². The molecule has 0 saturated carbocycles. The average molecular weight is 344 g/mol. The first-order valence-electron chi connectivity index (χ1n) is 8.05. The second-order valence-corrected chi connectivity index (χ2v) is 5.72. The molecule has 0 saturated heterocycles. The Morgan fingerprint density at radius 1 is 1.00 bits per heavy atom. The number of anilines is 2. The van der Waals surface area contributed by atoms with Crippen LogP contribution in [-0.4, -0.2) is 37.5 Å². The van der Waals surface area contributed by atoms with E-state index in [2.05, 4.69) is 25.4 Å². The molecule has 4 aromatic rings. The third kappa shape index (κ3) is 2.98. The summed E-state index contributed by atoms with van der Waals surface area (Å²) in [4.78, 5) is 6.24. The number of aromatic nitrogens is 5. The van der Waals surface area contributed by atoms with Crippen LogP contribution in [0.25, 0.3) is 22.5 Å². The molecule has 26 heavy (non-hydrogen) atoms. The summed E-state index contributed by atoms with van der Waals surface area (Å²) in [5, 5.41) is 25.5. The van der Waals surface area contributed by atoms with Crippen molar-refractivity contribution in [3.05, 3.63) is 66.9 Å². The van der Waals surface area contributed by atoms with Gasteiger partial charge in [0.15, 0.2) is 5.82 Å². The number of rotatable bonds is 4. The van der Waals surface area contributed by atoms with E-state index in [1.165, 1.54) is 6.20 Å². The maximum absolute atomic E-state index is 10.0. The van der Waals surface area contributed by atoms with Gasteiger partial charge >= 0.3 is 0 Å². The van der Waals surface area contributed by atoms with Crippen molar-refractivity contribution in [3.63, 3.8) is 0 Å². The highest BCUT2D eigenvalue weighted by atomic mass is 16.3. The van der Waals surface area contributed by atoms with Gasteiger partial charge in [-0.3, -0.25) is 10.00 Å². The molecule has 0 aliphatic heterocycles. The van der Waals surface area contributed by atoms with Crippen LogP contribution in [0.5, 0.6) is 5.75 Å². The Morgan fingerprint density at radius 2 is 1.77 bits per heavy atom. The highest BCUT2D eigenvalue weighted by Crippen LogP contribution is 2.28. The minimum atomic E-state index is 0.146. The molecule has 7 heteroatoms. The second kappa shape index (κ2) is 6.64. The van der Waals surface area contributed by atoms with Gasteiger partial charge in [0.2, 0.25) is 0 Å². The van der Waals surface area contributed by atoms with E-state index in [1.807, 2.05) is 49.5 Å². The van der Waals surface area contributed by atoms with Gasteiger partial charge in [0.1, 0.15) is 5.75 Å². The number of para-hydroxylation sites is 1. The molecule has 0 spiro atoms. The molecular formula is C19H16N6O. The predicted molar refractivity (Wildman–Crippen MR) is 99.0 cm³/mol. The monoisotopic (exact) mass is 344 g/mol. The molecule has 0 atom stereocenters. The van der Waals surface area contributed by atoms with Crippen LogP contribution in [0.15, 0.2) is 66.9 Å². The van der Waals surface area contributed by atoms with Crippen LogP contribution < -0.4 is 4.90 Å². The maximum atomic E-state index is 10.0. The van der Waals surface area contributed by atoms with Crippen molar-refractivity contribution >= 4 is 11.8 Å². The van der Waals surface area contributed by atoms with E-state index in [4.69, 9.17) is 0 Å². The number of hydrogen-bond acceptors (Lipinski definition) is 6. The van der Waals surface area contributed by atoms with Crippen molar-refractivity contribution in [2.75, 3.05) is 11.9 Å². The standard InChI is InChI=1S/C19H16N6O/c1-25(18-11-15(22-23-18)13-7-3-2-4-8-13)19-21-16(12-20-24-19)14-9-5-6-10-17(14)26/h2-12,26H,1H3,(H,22,23). The fraction of sp³-hybridized carbons (Fsp3) is 0.0526. The SMILES string of the molecule is CN(c1cc(-c2ccccc2)[nH]n1)c1nncc(-c2ccccc2O)n1. The van der Waals surface area contributed by atoms with Crippen LogP contribution in [0.2, 0.25) is 0 Å². The first-order chi connectivity index (χ1) is 12.7. The van der Waals surface area contributed by atoms with Gasteiger partial charge in [-0.15, -0.1) is 5.10 Å². The molecule has 0 unspecified atom stereocenters. The lowest BCUT2D eigenvalue weighted by atomic mass is 10.1. The fourth-order valence-corrected chi connectivity index (χ4v) is 2.61. The highest BCUT2D eigenvalue weighted by molar-refractivity contribution is 5.68. The lowest BCUT2D eigenvalue weighted by Gasteiger charge is -2.13.